The van der Waals surface area contributed by atoms with E-state index in [0.717, 1.165) is 24.3 Å². The van der Waals surface area contributed by atoms with E-state index in [1.165, 1.54) is 0 Å². The summed E-state index contributed by atoms with van der Waals surface area (Å²) in [5.41, 5.74) is 1.78. The average Bonchev–Trinajstić information content (AvgIpc) is 2.52. The second kappa shape index (κ2) is 7.26. The molecule has 1 aliphatic heterocycles. The van der Waals surface area contributed by atoms with E-state index in [2.05, 4.69) is 5.32 Å². The molecule has 22 heavy (non-hydrogen) atoms. The van der Waals surface area contributed by atoms with Gasteiger partial charge < -0.3 is 15.3 Å². The molecule has 1 aromatic carbocycles. The number of carbonyl (C=O) groups excluding carboxylic acids is 1. The molecular weight excluding hydrogens is 282 g/mol. The lowest BCUT2D eigenvalue weighted by Crippen LogP contribution is -2.55. The fraction of sp³-hybridized carbons (Fsp3) is 0.500. The predicted molar refractivity (Wildman–Crippen MR) is 85.2 cm³/mol. The van der Waals surface area contributed by atoms with Crippen LogP contribution in [-0.2, 0) is 11.2 Å². The number of nitrogens with zero attached hydrogens (tertiary/aromatic N) is 2. The van der Waals surface area contributed by atoms with E-state index in [4.69, 9.17) is 5.11 Å². The van der Waals surface area contributed by atoms with Crippen molar-refractivity contribution in [2.45, 2.75) is 25.8 Å². The Morgan fingerprint density at radius 2 is 2.05 bits per heavy atom. The van der Waals surface area contributed by atoms with Gasteiger partial charge in [0, 0.05) is 44.8 Å². The highest BCUT2D eigenvalue weighted by molar-refractivity contribution is 5.91. The molecule has 0 unspecified atom stereocenters. The summed E-state index contributed by atoms with van der Waals surface area (Å²) >= 11 is 0. The largest absolute Gasteiger partial charge is 0.481 e. The molecule has 0 aliphatic carbocycles. The molecule has 1 aromatic rings. The van der Waals surface area contributed by atoms with Gasteiger partial charge >= 0.3 is 12.0 Å². The maximum atomic E-state index is 12.6. The third-order valence-electron chi connectivity index (χ3n) is 3.99. The van der Waals surface area contributed by atoms with Crippen LogP contribution in [0.4, 0.5) is 10.5 Å². The molecule has 120 valence electrons. The highest BCUT2D eigenvalue weighted by Crippen LogP contribution is 2.17. The van der Waals surface area contributed by atoms with Crippen LogP contribution >= 0.6 is 0 Å². The van der Waals surface area contributed by atoms with E-state index >= 15 is 0 Å². The van der Waals surface area contributed by atoms with Crippen molar-refractivity contribution in [1.29, 1.82) is 0 Å². The van der Waals surface area contributed by atoms with Crippen LogP contribution in [-0.4, -0.2) is 54.7 Å². The summed E-state index contributed by atoms with van der Waals surface area (Å²) in [5, 5.41) is 12.0. The van der Waals surface area contributed by atoms with Crippen molar-refractivity contribution >= 4 is 17.7 Å². The van der Waals surface area contributed by atoms with Gasteiger partial charge in [0.25, 0.3) is 0 Å². The number of amides is 2. The Hall–Kier alpha value is -2.08. The molecule has 6 nitrogen and oxygen atoms in total. The highest BCUT2D eigenvalue weighted by atomic mass is 16.4. The molecule has 1 heterocycles. The van der Waals surface area contributed by atoms with E-state index < -0.39 is 5.97 Å². The van der Waals surface area contributed by atoms with Crippen LogP contribution in [0, 0.1) is 0 Å². The first-order chi connectivity index (χ1) is 10.5. The molecule has 0 bridgehead atoms. The Balaban J connectivity index is 2.00. The second-order valence-corrected chi connectivity index (χ2v) is 5.65. The number of anilines is 1. The van der Waals surface area contributed by atoms with Gasteiger partial charge in [0.05, 0.1) is 0 Å². The predicted octanol–water partition coefficient (Wildman–Crippen LogP) is 1.55. The first-order valence-corrected chi connectivity index (χ1v) is 7.55. The number of aliphatic carboxylic acids is 1. The number of urea groups is 1. The van der Waals surface area contributed by atoms with E-state index in [-0.39, 0.29) is 18.5 Å². The summed E-state index contributed by atoms with van der Waals surface area (Å²) in [6, 6.07) is 7.65. The quantitative estimate of drug-likeness (QED) is 0.885. The summed E-state index contributed by atoms with van der Waals surface area (Å²) in [6.07, 6.45) is 0.620. The number of rotatable bonds is 4. The zero-order valence-corrected chi connectivity index (χ0v) is 13.1. The number of carbonyl (C=O) groups is 2. The Labute approximate surface area is 130 Å². The third kappa shape index (κ3) is 3.98. The SMILES string of the molecule is C[C@@H]1CNCCN1C(=O)N(C)c1ccc(CCC(=O)O)cc1. The van der Waals surface area contributed by atoms with Gasteiger partial charge in [-0.1, -0.05) is 12.1 Å². The molecule has 0 spiro atoms. The van der Waals surface area contributed by atoms with Gasteiger partial charge in [-0.2, -0.15) is 0 Å². The van der Waals surface area contributed by atoms with Crippen molar-refractivity contribution in [2.24, 2.45) is 0 Å². The molecule has 6 heteroatoms. The number of hydrogen-bond acceptors (Lipinski definition) is 3. The maximum Gasteiger partial charge on any atom is 0.324 e. The fourth-order valence-corrected chi connectivity index (χ4v) is 2.57. The topological polar surface area (TPSA) is 72.9 Å². The minimum atomic E-state index is -0.802. The minimum Gasteiger partial charge on any atom is -0.481 e. The lowest BCUT2D eigenvalue weighted by Gasteiger charge is -2.36. The molecule has 2 amide bonds. The average molecular weight is 305 g/mol. The molecule has 2 N–H and O–H groups in total. The monoisotopic (exact) mass is 305 g/mol. The standard InChI is InChI=1S/C16H23N3O3/c1-12-11-17-9-10-19(12)16(22)18(2)14-6-3-13(4-7-14)5-8-15(20)21/h3-4,6-7,12,17H,5,8-11H2,1-2H3,(H,20,21)/t12-/m1/s1. The minimum absolute atomic E-state index is 0.00714. The van der Waals surface area contributed by atoms with Crippen molar-refractivity contribution in [3.8, 4) is 0 Å². The van der Waals surface area contributed by atoms with Gasteiger partial charge in [-0.15, -0.1) is 0 Å². The molecular formula is C16H23N3O3. The summed E-state index contributed by atoms with van der Waals surface area (Å²) in [6.45, 7) is 4.37. The smallest absolute Gasteiger partial charge is 0.324 e. The second-order valence-electron chi connectivity index (χ2n) is 5.65. The van der Waals surface area contributed by atoms with Crippen molar-refractivity contribution in [3.05, 3.63) is 29.8 Å². The zero-order valence-electron chi connectivity index (χ0n) is 13.1. The molecule has 1 saturated heterocycles. The number of piperazine rings is 1. The van der Waals surface area contributed by atoms with Gasteiger partial charge in [-0.05, 0) is 31.0 Å². The number of carboxylic acids is 1. The van der Waals surface area contributed by atoms with Crippen LogP contribution < -0.4 is 10.2 Å². The van der Waals surface area contributed by atoms with Crippen LogP contribution in [0.25, 0.3) is 0 Å². The van der Waals surface area contributed by atoms with Crippen LogP contribution in [0.2, 0.25) is 0 Å². The van der Waals surface area contributed by atoms with Crippen molar-refractivity contribution in [1.82, 2.24) is 10.2 Å². The molecule has 0 aromatic heterocycles. The number of carboxylic acid groups (broad SMARTS) is 1. The molecule has 1 fully saturated rings. The first kappa shape index (κ1) is 16.3. The Morgan fingerprint density at radius 1 is 1.36 bits per heavy atom. The third-order valence-corrected chi connectivity index (χ3v) is 3.99. The van der Waals surface area contributed by atoms with Crippen molar-refractivity contribution in [2.75, 3.05) is 31.6 Å². The Bertz CT molecular complexity index is 530. The summed E-state index contributed by atoms with van der Waals surface area (Å²) < 4.78 is 0. The van der Waals surface area contributed by atoms with Crippen molar-refractivity contribution < 1.29 is 14.7 Å². The van der Waals surface area contributed by atoms with Gasteiger partial charge in [0.2, 0.25) is 0 Å². The highest BCUT2D eigenvalue weighted by Gasteiger charge is 2.26. The molecule has 1 aliphatic rings. The Kier molecular flexibility index (Phi) is 5.38. The summed E-state index contributed by atoms with van der Waals surface area (Å²) in [7, 11) is 1.77. The molecule has 1 atom stereocenters. The van der Waals surface area contributed by atoms with E-state index in [1.54, 1.807) is 11.9 Å². The van der Waals surface area contributed by atoms with Crippen molar-refractivity contribution in [3.63, 3.8) is 0 Å². The van der Waals surface area contributed by atoms with Gasteiger partial charge in [0.1, 0.15) is 0 Å². The van der Waals surface area contributed by atoms with Crippen LogP contribution in [0.5, 0.6) is 0 Å². The normalized spacial score (nSPS) is 18.1. The Morgan fingerprint density at radius 3 is 2.64 bits per heavy atom. The van der Waals surface area contributed by atoms with Crippen LogP contribution in [0.3, 0.4) is 0 Å². The number of nitrogens with one attached hydrogen (secondary N) is 1. The summed E-state index contributed by atoms with van der Waals surface area (Å²) in [5.74, 6) is -0.802. The van der Waals surface area contributed by atoms with E-state index in [1.807, 2.05) is 36.1 Å². The van der Waals surface area contributed by atoms with Gasteiger partial charge in [-0.3, -0.25) is 9.69 Å². The fourth-order valence-electron chi connectivity index (χ4n) is 2.57. The maximum absolute atomic E-state index is 12.6. The first-order valence-electron chi connectivity index (χ1n) is 7.55. The lowest BCUT2D eigenvalue weighted by molar-refractivity contribution is -0.136. The summed E-state index contributed by atoms with van der Waals surface area (Å²) in [4.78, 5) is 26.6. The zero-order chi connectivity index (χ0) is 16.1. The van der Waals surface area contributed by atoms with E-state index in [0.29, 0.717) is 13.0 Å². The van der Waals surface area contributed by atoms with Gasteiger partial charge in [-0.25, -0.2) is 4.79 Å². The molecule has 0 saturated carbocycles. The number of benzene rings is 1. The number of aryl methyl sites for hydroxylation is 1. The van der Waals surface area contributed by atoms with Crippen LogP contribution in [0.15, 0.2) is 24.3 Å². The molecule has 2 rings (SSSR count). The van der Waals surface area contributed by atoms with E-state index in [9.17, 15) is 9.59 Å². The van der Waals surface area contributed by atoms with Crippen LogP contribution in [0.1, 0.15) is 18.9 Å². The lowest BCUT2D eigenvalue weighted by atomic mass is 10.1. The van der Waals surface area contributed by atoms with Gasteiger partial charge in [0.15, 0.2) is 0 Å². The molecule has 0 radical (unpaired) electrons. The number of hydrogen-bond donors (Lipinski definition) is 2.